The van der Waals surface area contributed by atoms with Gasteiger partial charge in [-0.2, -0.15) is 30.2 Å². The van der Waals surface area contributed by atoms with Crippen LogP contribution in [0.4, 0.5) is 13.2 Å². The smallest absolute Gasteiger partial charge is 0.475 e. The molecule has 2 saturated heterocycles. The first-order chi connectivity index (χ1) is 18.7. The molecular weight excluding hydrogens is 577 g/mol. The second-order valence-corrected chi connectivity index (χ2v) is 14.3. The number of ether oxygens (including phenoxy) is 1. The third kappa shape index (κ3) is 8.82. The molecule has 1 aromatic heterocycles. The number of sulfone groups is 1. The average Bonchev–Trinajstić information content (AvgIpc) is 2.93. The van der Waals surface area contributed by atoms with Crippen molar-refractivity contribution in [2.24, 2.45) is 23.5 Å². The van der Waals surface area contributed by atoms with Crippen molar-refractivity contribution < 1.29 is 44.6 Å². The Balaban J connectivity index is 0.000000559. The van der Waals surface area contributed by atoms with Gasteiger partial charge in [-0.05, 0) is 41.9 Å². The van der Waals surface area contributed by atoms with Gasteiger partial charge in [-0.1, -0.05) is 32.1 Å². The molecular formula is C24H37F3N4O7S2. The zero-order valence-corrected chi connectivity index (χ0v) is 23.8. The Bertz CT molecular complexity index is 1200. The van der Waals surface area contributed by atoms with E-state index in [0.717, 1.165) is 32.1 Å². The molecule has 11 nitrogen and oxygen atoms in total. The van der Waals surface area contributed by atoms with Crippen LogP contribution in [0.1, 0.15) is 44.1 Å². The number of halogens is 3. The van der Waals surface area contributed by atoms with Crippen molar-refractivity contribution in [2.75, 3.05) is 45.1 Å². The summed E-state index contributed by atoms with van der Waals surface area (Å²) in [7, 11) is -7.32. The Morgan fingerprint density at radius 3 is 2.25 bits per heavy atom. The van der Waals surface area contributed by atoms with E-state index in [2.05, 4.69) is 4.98 Å². The molecule has 0 bridgehead atoms. The number of hydrogen-bond donors (Lipinski definition) is 2. The maximum atomic E-state index is 13.5. The highest BCUT2D eigenvalue weighted by Crippen LogP contribution is 2.38. The van der Waals surface area contributed by atoms with Gasteiger partial charge < -0.3 is 15.6 Å². The van der Waals surface area contributed by atoms with Gasteiger partial charge in [-0.15, -0.1) is 0 Å². The molecule has 2 aliphatic heterocycles. The summed E-state index contributed by atoms with van der Waals surface area (Å²) >= 11 is 0. The van der Waals surface area contributed by atoms with Gasteiger partial charge in [0.1, 0.15) is 0 Å². The topological polar surface area (TPSA) is 160 Å². The first kappa shape index (κ1) is 32.7. The highest BCUT2D eigenvalue weighted by atomic mass is 32.2. The predicted molar refractivity (Wildman–Crippen MR) is 139 cm³/mol. The monoisotopic (exact) mass is 614 g/mol. The molecule has 3 N–H and O–H groups in total. The van der Waals surface area contributed by atoms with Crippen LogP contribution in [-0.2, 0) is 36.1 Å². The summed E-state index contributed by atoms with van der Waals surface area (Å²) in [4.78, 5) is 13.0. The van der Waals surface area contributed by atoms with E-state index < -0.39 is 32.2 Å². The number of morpholine rings is 1. The van der Waals surface area contributed by atoms with Crippen LogP contribution < -0.4 is 5.73 Å². The van der Waals surface area contributed by atoms with Crippen molar-refractivity contribution in [3.63, 3.8) is 0 Å². The Hall–Kier alpha value is -1.85. The van der Waals surface area contributed by atoms with Crippen LogP contribution in [-0.4, -0.2) is 92.8 Å². The zero-order valence-electron chi connectivity index (χ0n) is 22.1. The van der Waals surface area contributed by atoms with Crippen LogP contribution in [0, 0.1) is 17.8 Å². The molecule has 3 heterocycles. The molecule has 2 atom stereocenters. The lowest BCUT2D eigenvalue weighted by atomic mass is 9.75. The fourth-order valence-electron chi connectivity index (χ4n) is 5.54. The lowest BCUT2D eigenvalue weighted by Crippen LogP contribution is -2.54. The number of carbonyl (C=O) groups is 1. The summed E-state index contributed by atoms with van der Waals surface area (Å²) in [6, 6.07) is 3.23. The number of pyridine rings is 1. The number of piperidine rings is 1. The fourth-order valence-corrected chi connectivity index (χ4v) is 8.84. The van der Waals surface area contributed by atoms with Gasteiger partial charge in [0.15, 0.2) is 14.9 Å². The summed E-state index contributed by atoms with van der Waals surface area (Å²) in [5.74, 6) is -2.50. The van der Waals surface area contributed by atoms with Gasteiger partial charge in [0.25, 0.3) is 10.2 Å². The van der Waals surface area contributed by atoms with Crippen LogP contribution in [0.3, 0.4) is 0 Å². The molecule has 3 aliphatic rings. The van der Waals surface area contributed by atoms with E-state index in [1.807, 2.05) is 0 Å². The molecule has 1 saturated carbocycles. The standard InChI is InChI=1S/C22H36N4O5S2.C2HF3O2/c23-14-18-6-7-24-22(13-18)32(27,28)17-19-12-21(20-4-2-1-3-5-20)16-26(15-19)33(29,30)25-8-10-31-11-9-25;3-2(4,5)1(6)7/h6-7,13,19-21H,1-5,8-12,14-17,23H2;(H,6,7). The fraction of sp³-hybridized carbons (Fsp3) is 0.750. The van der Waals surface area contributed by atoms with E-state index in [1.165, 1.54) is 23.0 Å². The summed E-state index contributed by atoms with van der Waals surface area (Å²) in [6.45, 7) is 2.39. The van der Waals surface area contributed by atoms with E-state index in [1.54, 1.807) is 10.4 Å². The van der Waals surface area contributed by atoms with E-state index in [4.69, 9.17) is 20.4 Å². The van der Waals surface area contributed by atoms with Crippen LogP contribution in [0.25, 0.3) is 0 Å². The molecule has 1 aromatic rings. The number of alkyl halides is 3. The predicted octanol–water partition coefficient (Wildman–Crippen LogP) is 2.04. The number of aromatic nitrogens is 1. The maximum Gasteiger partial charge on any atom is 0.490 e. The van der Waals surface area contributed by atoms with Gasteiger partial charge in [0.05, 0.1) is 19.0 Å². The lowest BCUT2D eigenvalue weighted by Gasteiger charge is -2.43. The van der Waals surface area contributed by atoms with Crippen molar-refractivity contribution in [2.45, 2.75) is 56.3 Å². The molecule has 16 heteroatoms. The van der Waals surface area contributed by atoms with Gasteiger partial charge >= 0.3 is 12.1 Å². The Labute approximate surface area is 233 Å². The van der Waals surface area contributed by atoms with Crippen molar-refractivity contribution in [3.05, 3.63) is 23.9 Å². The van der Waals surface area contributed by atoms with Crippen LogP contribution in [0.2, 0.25) is 0 Å². The molecule has 228 valence electrons. The van der Waals surface area contributed by atoms with Crippen LogP contribution in [0.15, 0.2) is 23.4 Å². The third-order valence-corrected chi connectivity index (χ3v) is 11.3. The van der Waals surface area contributed by atoms with E-state index in [-0.39, 0.29) is 35.7 Å². The van der Waals surface area contributed by atoms with Gasteiger partial charge in [0, 0.05) is 38.9 Å². The van der Waals surface area contributed by atoms with Gasteiger partial charge in [-0.3, -0.25) is 0 Å². The normalized spacial score (nSPS) is 24.2. The van der Waals surface area contributed by atoms with E-state index >= 15 is 0 Å². The number of rotatable bonds is 7. The first-order valence-corrected chi connectivity index (χ1v) is 16.3. The summed E-state index contributed by atoms with van der Waals surface area (Å²) in [6.07, 6.45) is 2.85. The highest BCUT2D eigenvalue weighted by Gasteiger charge is 2.42. The maximum absolute atomic E-state index is 13.5. The van der Waals surface area contributed by atoms with Crippen molar-refractivity contribution in [3.8, 4) is 0 Å². The lowest BCUT2D eigenvalue weighted by molar-refractivity contribution is -0.192. The Kier molecular flexibility index (Phi) is 11.3. The minimum atomic E-state index is -5.08. The molecule has 2 unspecified atom stereocenters. The molecule has 4 rings (SSSR count). The summed E-state index contributed by atoms with van der Waals surface area (Å²) in [5.41, 5.74) is 6.39. The molecule has 3 fully saturated rings. The van der Waals surface area contributed by atoms with Crippen molar-refractivity contribution in [1.82, 2.24) is 13.6 Å². The quantitative estimate of drug-likeness (QED) is 0.469. The van der Waals surface area contributed by atoms with E-state index in [0.29, 0.717) is 44.3 Å². The SMILES string of the molecule is NCc1ccnc(S(=O)(=O)CC2CC(C3CCCCC3)CN(S(=O)(=O)N3CCOCC3)C2)c1.O=C(O)C(F)(F)F. The molecule has 1 aliphatic carbocycles. The second-order valence-electron chi connectivity index (χ2n) is 10.4. The van der Waals surface area contributed by atoms with Gasteiger partial charge in [-0.25, -0.2) is 18.2 Å². The first-order valence-electron chi connectivity index (χ1n) is 13.2. The number of nitrogens with zero attached hydrogens (tertiary/aromatic N) is 3. The number of carboxylic acid groups (broad SMARTS) is 1. The third-order valence-electron chi connectivity index (χ3n) is 7.53. The summed E-state index contributed by atoms with van der Waals surface area (Å²) in [5, 5.41) is 7.15. The van der Waals surface area contributed by atoms with Gasteiger partial charge in [0.2, 0.25) is 0 Å². The van der Waals surface area contributed by atoms with Crippen LogP contribution >= 0.6 is 0 Å². The number of nitrogens with two attached hydrogens (primary N) is 1. The highest BCUT2D eigenvalue weighted by molar-refractivity contribution is 7.91. The number of aliphatic carboxylic acids is 1. The van der Waals surface area contributed by atoms with Crippen LogP contribution in [0.5, 0.6) is 0 Å². The molecule has 0 amide bonds. The number of hydrogen-bond acceptors (Lipinski definition) is 8. The zero-order chi connectivity index (χ0) is 29.6. The minimum Gasteiger partial charge on any atom is -0.475 e. The van der Waals surface area contributed by atoms with Crippen molar-refractivity contribution >= 4 is 26.0 Å². The van der Waals surface area contributed by atoms with E-state index in [9.17, 15) is 30.0 Å². The molecule has 40 heavy (non-hydrogen) atoms. The minimum absolute atomic E-state index is 0.0211. The number of carboxylic acids is 1. The second kappa shape index (κ2) is 13.9. The Morgan fingerprint density at radius 2 is 1.68 bits per heavy atom. The largest absolute Gasteiger partial charge is 0.490 e. The average molecular weight is 615 g/mol. The molecule has 0 radical (unpaired) electrons. The van der Waals surface area contributed by atoms with Crippen molar-refractivity contribution in [1.29, 1.82) is 0 Å². The molecule has 0 spiro atoms. The summed E-state index contributed by atoms with van der Waals surface area (Å²) < 4.78 is 93.4. The Morgan fingerprint density at radius 1 is 1.05 bits per heavy atom. The molecule has 0 aromatic carbocycles.